The molecule has 0 spiro atoms. The Morgan fingerprint density at radius 2 is 1.69 bits per heavy atom. The summed E-state index contributed by atoms with van der Waals surface area (Å²) in [6, 6.07) is 17.0. The van der Waals surface area contributed by atoms with Crippen LogP contribution in [-0.2, 0) is 26.0 Å². The summed E-state index contributed by atoms with van der Waals surface area (Å²) < 4.78 is 28.0. The van der Waals surface area contributed by atoms with E-state index >= 15 is 0 Å². The molecule has 2 heterocycles. The summed E-state index contributed by atoms with van der Waals surface area (Å²) >= 11 is 0. The Morgan fingerprint density at radius 1 is 1.00 bits per heavy atom. The van der Waals surface area contributed by atoms with Crippen LogP contribution in [0.5, 0.6) is 0 Å². The molecule has 1 aliphatic rings. The Kier molecular flexibility index (Phi) is 6.18. The molecule has 9 heteroatoms. The summed E-state index contributed by atoms with van der Waals surface area (Å²) in [5.74, 6) is -0.959. The second-order valence-corrected chi connectivity index (χ2v) is 9.11. The number of benzene rings is 2. The van der Waals surface area contributed by atoms with Crippen molar-refractivity contribution < 1.29 is 18.0 Å². The van der Waals surface area contributed by atoms with Gasteiger partial charge in [-0.3, -0.25) is 18.9 Å². The number of nitrogens with zero attached hydrogens (tertiary/aromatic N) is 2. The first-order valence-corrected chi connectivity index (χ1v) is 11.6. The van der Waals surface area contributed by atoms with Crippen LogP contribution >= 0.6 is 0 Å². The van der Waals surface area contributed by atoms with Gasteiger partial charge in [0.05, 0.1) is 22.7 Å². The molecule has 3 aromatic rings. The number of carbonyl (C=O) groups is 2. The number of anilines is 2. The van der Waals surface area contributed by atoms with E-state index in [4.69, 9.17) is 0 Å². The maximum atomic E-state index is 13.5. The summed E-state index contributed by atoms with van der Waals surface area (Å²) in [7, 11) is -4.08. The molecule has 1 aromatic heterocycles. The van der Waals surface area contributed by atoms with E-state index in [2.05, 4.69) is 15.6 Å². The first-order valence-electron chi connectivity index (χ1n) is 10.1. The topological polar surface area (TPSA) is 108 Å². The predicted octanol–water partition coefficient (Wildman–Crippen LogP) is 2.35. The molecule has 0 aliphatic carbocycles. The lowest BCUT2D eigenvalue weighted by Crippen LogP contribution is -2.52. The van der Waals surface area contributed by atoms with Crippen LogP contribution in [-0.4, -0.2) is 37.8 Å². The summed E-state index contributed by atoms with van der Waals surface area (Å²) in [6.07, 6.45) is 3.64. The van der Waals surface area contributed by atoms with Crippen LogP contribution in [0.1, 0.15) is 12.0 Å². The molecule has 0 radical (unpaired) electrons. The molecule has 0 saturated carbocycles. The maximum Gasteiger partial charge on any atom is 0.265 e. The first-order chi connectivity index (χ1) is 15.5. The smallest absolute Gasteiger partial charge is 0.265 e. The minimum atomic E-state index is -4.08. The number of amides is 2. The van der Waals surface area contributed by atoms with Crippen LogP contribution < -0.4 is 14.9 Å². The fourth-order valence-corrected chi connectivity index (χ4v) is 5.24. The number of carbonyl (C=O) groups excluding carboxylic acids is 2. The van der Waals surface area contributed by atoms with Crippen molar-refractivity contribution >= 4 is 33.2 Å². The van der Waals surface area contributed by atoms with Gasteiger partial charge in [-0.1, -0.05) is 30.3 Å². The van der Waals surface area contributed by atoms with Gasteiger partial charge in [-0.15, -0.1) is 0 Å². The number of sulfonamides is 1. The highest BCUT2D eigenvalue weighted by Crippen LogP contribution is 2.37. The third kappa shape index (κ3) is 4.47. The van der Waals surface area contributed by atoms with Gasteiger partial charge in [-0.05, 0) is 48.4 Å². The molecule has 2 N–H and O–H groups in total. The van der Waals surface area contributed by atoms with Gasteiger partial charge < -0.3 is 10.6 Å². The Morgan fingerprint density at radius 3 is 2.44 bits per heavy atom. The van der Waals surface area contributed by atoms with Gasteiger partial charge in [-0.25, -0.2) is 8.42 Å². The Hall–Kier alpha value is -3.72. The molecule has 4 rings (SSSR count). The predicted molar refractivity (Wildman–Crippen MR) is 121 cm³/mol. The molecular formula is C23H22N4O4S. The van der Waals surface area contributed by atoms with Gasteiger partial charge in [0.2, 0.25) is 11.8 Å². The molecule has 1 aliphatic heterocycles. The molecule has 0 bridgehead atoms. The van der Waals surface area contributed by atoms with Crippen LogP contribution in [0.25, 0.3) is 0 Å². The van der Waals surface area contributed by atoms with E-state index in [1.807, 2.05) is 12.1 Å². The first kappa shape index (κ1) is 21.5. The third-order valence-corrected chi connectivity index (χ3v) is 6.99. The number of hydrogen-bond acceptors (Lipinski definition) is 5. The van der Waals surface area contributed by atoms with E-state index in [9.17, 15) is 18.0 Å². The molecule has 0 fully saturated rings. The average molecular weight is 451 g/mol. The number of rotatable bonds is 7. The summed E-state index contributed by atoms with van der Waals surface area (Å²) in [5.41, 5.74) is 1.72. The van der Waals surface area contributed by atoms with Crippen molar-refractivity contribution in [2.45, 2.75) is 23.8 Å². The molecule has 0 saturated heterocycles. The Labute approximate surface area is 186 Å². The van der Waals surface area contributed by atoms with Gasteiger partial charge in [0.15, 0.2) is 0 Å². The van der Waals surface area contributed by atoms with E-state index in [-0.39, 0.29) is 11.3 Å². The standard InChI is InChI=1S/C23H22N4O4S/c28-22(25-15-12-17-10-13-24-14-11-17)16-21-23(29)26-19-8-4-5-9-20(19)27(21)32(30,31)18-6-2-1-3-7-18/h1-11,13-14,21H,12,15-16H2,(H,25,28)(H,26,29)/t21-/m1/s1. The van der Waals surface area contributed by atoms with Gasteiger partial charge in [-0.2, -0.15) is 0 Å². The monoisotopic (exact) mass is 450 g/mol. The van der Waals surface area contributed by atoms with Crippen molar-refractivity contribution in [1.82, 2.24) is 10.3 Å². The SMILES string of the molecule is O=C(C[C@@H]1C(=O)Nc2ccccc2N1S(=O)(=O)c1ccccc1)NCCc1ccncc1. The lowest BCUT2D eigenvalue weighted by Gasteiger charge is -2.36. The zero-order valence-electron chi connectivity index (χ0n) is 17.1. The van der Waals surface area contributed by atoms with Crippen LogP contribution in [0.15, 0.2) is 84.0 Å². The highest BCUT2D eigenvalue weighted by Gasteiger charge is 2.41. The number of aromatic nitrogens is 1. The molecule has 0 unspecified atom stereocenters. The van der Waals surface area contributed by atoms with E-state index < -0.39 is 27.9 Å². The van der Waals surface area contributed by atoms with E-state index in [0.29, 0.717) is 24.3 Å². The van der Waals surface area contributed by atoms with Crippen LogP contribution in [0.2, 0.25) is 0 Å². The number of para-hydroxylation sites is 2. The van der Waals surface area contributed by atoms with Gasteiger partial charge in [0, 0.05) is 18.9 Å². The number of nitrogens with one attached hydrogen (secondary N) is 2. The van der Waals surface area contributed by atoms with Crippen LogP contribution in [0, 0.1) is 0 Å². The van der Waals surface area contributed by atoms with Gasteiger partial charge in [0.1, 0.15) is 6.04 Å². The second-order valence-electron chi connectivity index (χ2n) is 7.30. The third-order valence-electron chi connectivity index (χ3n) is 5.15. The fraction of sp³-hybridized carbons (Fsp3) is 0.174. The molecule has 164 valence electrons. The van der Waals surface area contributed by atoms with Crippen molar-refractivity contribution in [2.75, 3.05) is 16.2 Å². The molecular weight excluding hydrogens is 428 g/mol. The quantitative estimate of drug-likeness (QED) is 0.574. The summed E-state index contributed by atoms with van der Waals surface area (Å²) in [4.78, 5) is 29.5. The number of fused-ring (bicyclic) bond motifs is 1. The molecule has 1 atom stereocenters. The van der Waals surface area contributed by atoms with E-state index in [0.717, 1.165) is 9.87 Å². The largest absolute Gasteiger partial charge is 0.356 e. The van der Waals surface area contributed by atoms with Gasteiger partial charge in [0.25, 0.3) is 10.0 Å². The maximum absolute atomic E-state index is 13.5. The Bertz CT molecular complexity index is 1220. The minimum Gasteiger partial charge on any atom is -0.356 e. The Balaban J connectivity index is 1.58. The molecule has 2 aromatic carbocycles. The van der Waals surface area contributed by atoms with Crippen molar-refractivity contribution in [3.8, 4) is 0 Å². The van der Waals surface area contributed by atoms with E-state index in [1.54, 1.807) is 54.9 Å². The minimum absolute atomic E-state index is 0.0487. The molecule has 32 heavy (non-hydrogen) atoms. The lowest BCUT2D eigenvalue weighted by molar-refractivity contribution is -0.125. The lowest BCUT2D eigenvalue weighted by atomic mass is 10.1. The van der Waals surface area contributed by atoms with E-state index in [1.165, 1.54) is 12.1 Å². The van der Waals surface area contributed by atoms with Crippen molar-refractivity contribution in [3.05, 3.63) is 84.7 Å². The van der Waals surface area contributed by atoms with Crippen LogP contribution in [0.3, 0.4) is 0 Å². The van der Waals surface area contributed by atoms with Crippen molar-refractivity contribution in [2.24, 2.45) is 0 Å². The zero-order chi connectivity index (χ0) is 22.6. The second kappa shape index (κ2) is 9.19. The fourth-order valence-electron chi connectivity index (χ4n) is 3.58. The summed E-state index contributed by atoms with van der Waals surface area (Å²) in [6.45, 7) is 0.360. The van der Waals surface area contributed by atoms with Crippen molar-refractivity contribution in [1.29, 1.82) is 0 Å². The van der Waals surface area contributed by atoms with Crippen LogP contribution in [0.4, 0.5) is 11.4 Å². The number of hydrogen-bond donors (Lipinski definition) is 2. The number of pyridine rings is 1. The van der Waals surface area contributed by atoms with Crippen molar-refractivity contribution in [3.63, 3.8) is 0 Å². The molecule has 2 amide bonds. The summed E-state index contributed by atoms with van der Waals surface area (Å²) in [5, 5.41) is 5.49. The normalized spacial score (nSPS) is 15.6. The highest BCUT2D eigenvalue weighted by atomic mass is 32.2. The molecule has 8 nitrogen and oxygen atoms in total. The zero-order valence-corrected chi connectivity index (χ0v) is 18.0. The van der Waals surface area contributed by atoms with Gasteiger partial charge >= 0.3 is 0 Å². The highest BCUT2D eigenvalue weighted by molar-refractivity contribution is 7.93. The average Bonchev–Trinajstić information content (AvgIpc) is 2.80.